The summed E-state index contributed by atoms with van der Waals surface area (Å²) in [6.07, 6.45) is 0. The molecular weight excluding hydrogens is 508 g/mol. The molecule has 30 heavy (non-hydrogen) atoms. The number of rotatable bonds is 5. The zero-order valence-electron chi connectivity index (χ0n) is 16.4. The number of fused-ring (bicyclic) bond motifs is 1. The van der Waals surface area contributed by atoms with Crippen LogP contribution in [0.15, 0.2) is 86.7 Å². The maximum absolute atomic E-state index is 12.6. The van der Waals surface area contributed by atoms with Crippen LogP contribution in [0.1, 0.15) is 29.7 Å². The van der Waals surface area contributed by atoms with Crippen LogP contribution in [0.2, 0.25) is 0 Å². The average Bonchev–Trinajstić information content (AvgIpc) is 2.74. The Balaban J connectivity index is 1.92. The van der Waals surface area contributed by atoms with Crippen molar-refractivity contribution in [2.75, 3.05) is 13.2 Å². The van der Waals surface area contributed by atoms with Crippen molar-refractivity contribution < 1.29 is 9.53 Å². The van der Waals surface area contributed by atoms with E-state index in [4.69, 9.17) is 9.73 Å². The molecule has 3 aromatic rings. The van der Waals surface area contributed by atoms with Crippen LogP contribution >= 0.6 is 31.9 Å². The quantitative estimate of drug-likeness (QED) is 0.368. The van der Waals surface area contributed by atoms with Gasteiger partial charge in [-0.25, -0.2) is 4.99 Å². The lowest BCUT2D eigenvalue weighted by Crippen LogP contribution is -2.42. The third-order valence-corrected chi connectivity index (χ3v) is 5.88. The van der Waals surface area contributed by atoms with E-state index in [1.165, 1.54) is 0 Å². The van der Waals surface area contributed by atoms with Crippen molar-refractivity contribution in [2.45, 2.75) is 13.0 Å². The van der Waals surface area contributed by atoms with Crippen LogP contribution in [-0.2, 0) is 9.53 Å². The van der Waals surface area contributed by atoms with Gasteiger partial charge in [-0.15, -0.1) is 0 Å². The number of benzene rings is 3. The number of amidine groups is 1. The van der Waals surface area contributed by atoms with Gasteiger partial charge < -0.3 is 9.64 Å². The maximum Gasteiger partial charge on any atom is 0.325 e. The first kappa shape index (κ1) is 20.8. The van der Waals surface area contributed by atoms with Crippen molar-refractivity contribution in [1.82, 2.24) is 4.90 Å². The Hall–Kier alpha value is -2.44. The molecule has 3 aromatic carbocycles. The minimum Gasteiger partial charge on any atom is -0.465 e. The highest BCUT2D eigenvalue weighted by atomic mass is 79.9. The predicted octanol–water partition coefficient (Wildman–Crippen LogP) is 6.26. The van der Waals surface area contributed by atoms with E-state index >= 15 is 0 Å². The average molecular weight is 528 g/mol. The zero-order chi connectivity index (χ0) is 21.1. The van der Waals surface area contributed by atoms with Gasteiger partial charge in [-0.3, -0.25) is 4.79 Å². The van der Waals surface area contributed by atoms with Gasteiger partial charge >= 0.3 is 5.97 Å². The van der Waals surface area contributed by atoms with Gasteiger partial charge in [-0.2, -0.15) is 0 Å². The molecule has 6 heteroatoms. The van der Waals surface area contributed by atoms with Crippen LogP contribution < -0.4 is 0 Å². The van der Waals surface area contributed by atoms with Crippen LogP contribution in [0.5, 0.6) is 0 Å². The van der Waals surface area contributed by atoms with Gasteiger partial charge in [0.2, 0.25) is 0 Å². The lowest BCUT2D eigenvalue weighted by Gasteiger charge is -2.38. The summed E-state index contributed by atoms with van der Waals surface area (Å²) < 4.78 is 7.22. The first-order valence-electron chi connectivity index (χ1n) is 9.68. The molecule has 0 N–H and O–H groups in total. The summed E-state index contributed by atoms with van der Waals surface area (Å²) in [5.41, 5.74) is 3.95. The molecule has 0 spiro atoms. The molecule has 0 aliphatic carbocycles. The first-order chi connectivity index (χ1) is 14.6. The topological polar surface area (TPSA) is 41.9 Å². The maximum atomic E-state index is 12.6. The monoisotopic (exact) mass is 526 g/mol. The number of hydrogen-bond acceptors (Lipinski definition) is 4. The van der Waals surface area contributed by atoms with Gasteiger partial charge in [0, 0.05) is 20.1 Å². The largest absolute Gasteiger partial charge is 0.465 e. The Kier molecular flexibility index (Phi) is 6.35. The Morgan fingerprint density at radius 1 is 1.00 bits per heavy atom. The second-order valence-corrected chi connectivity index (χ2v) is 8.73. The van der Waals surface area contributed by atoms with E-state index in [1.54, 1.807) is 0 Å². The Bertz CT molecular complexity index is 1100. The number of nitrogens with zero attached hydrogens (tertiary/aromatic N) is 2. The summed E-state index contributed by atoms with van der Waals surface area (Å²) >= 11 is 7.15. The number of aliphatic imine (C=N–C) groups is 1. The Morgan fingerprint density at radius 2 is 1.77 bits per heavy atom. The smallest absolute Gasteiger partial charge is 0.325 e. The highest BCUT2D eigenvalue weighted by molar-refractivity contribution is 9.10. The molecule has 0 amide bonds. The molecule has 1 heterocycles. The summed E-state index contributed by atoms with van der Waals surface area (Å²) in [6, 6.07) is 24.1. The molecule has 0 fully saturated rings. The highest BCUT2D eigenvalue weighted by Crippen LogP contribution is 2.41. The number of carbonyl (C=O) groups excluding carboxylic acids is 1. The van der Waals surface area contributed by atoms with Gasteiger partial charge in [-0.1, -0.05) is 74.3 Å². The summed E-state index contributed by atoms with van der Waals surface area (Å²) in [5, 5.41) is 0. The van der Waals surface area contributed by atoms with Gasteiger partial charge in [0.1, 0.15) is 12.4 Å². The molecule has 0 bridgehead atoms. The molecule has 0 aromatic heterocycles. The van der Waals surface area contributed by atoms with Crippen molar-refractivity contribution in [3.05, 3.63) is 98.4 Å². The molecule has 1 atom stereocenters. The minimum atomic E-state index is -0.278. The molecule has 0 unspecified atom stereocenters. The second kappa shape index (κ2) is 9.14. The van der Waals surface area contributed by atoms with E-state index in [9.17, 15) is 4.79 Å². The summed E-state index contributed by atoms with van der Waals surface area (Å²) in [4.78, 5) is 19.6. The number of esters is 1. The van der Waals surface area contributed by atoms with Gasteiger partial charge in [0.25, 0.3) is 0 Å². The first-order valence-corrected chi connectivity index (χ1v) is 11.3. The van der Waals surface area contributed by atoms with Crippen LogP contribution in [0.25, 0.3) is 0 Å². The van der Waals surface area contributed by atoms with Crippen LogP contribution in [0.4, 0.5) is 5.69 Å². The second-order valence-electron chi connectivity index (χ2n) is 6.90. The summed E-state index contributed by atoms with van der Waals surface area (Å²) in [7, 11) is 0. The minimum absolute atomic E-state index is 0.102. The molecule has 152 valence electrons. The number of hydrogen-bond donors (Lipinski definition) is 0. The fraction of sp³-hybridized carbons (Fsp3) is 0.167. The SMILES string of the molecule is CCOC(=O)CN1C(c2cccc(Br)c2)=Nc2ccc(Br)cc2[C@H]1c1ccccc1. The molecule has 0 saturated heterocycles. The van der Waals surface area contributed by atoms with Crippen molar-refractivity contribution in [3.63, 3.8) is 0 Å². The number of carbonyl (C=O) groups is 1. The Morgan fingerprint density at radius 3 is 2.50 bits per heavy atom. The lowest BCUT2D eigenvalue weighted by atomic mass is 9.93. The molecule has 1 aliphatic heterocycles. The van der Waals surface area contributed by atoms with Crippen molar-refractivity contribution in [1.29, 1.82) is 0 Å². The molecule has 4 rings (SSSR count). The highest BCUT2D eigenvalue weighted by Gasteiger charge is 2.33. The van der Waals surface area contributed by atoms with Gasteiger partial charge in [0.05, 0.1) is 18.3 Å². The summed E-state index contributed by atoms with van der Waals surface area (Å²) in [6.45, 7) is 2.26. The Labute approximate surface area is 192 Å². The summed E-state index contributed by atoms with van der Waals surface area (Å²) in [5.74, 6) is 0.465. The van der Waals surface area contributed by atoms with Crippen molar-refractivity contribution in [2.24, 2.45) is 4.99 Å². The molecule has 4 nitrogen and oxygen atoms in total. The fourth-order valence-corrected chi connectivity index (χ4v) is 4.46. The van der Waals surface area contributed by atoms with Crippen LogP contribution in [0, 0.1) is 0 Å². The lowest BCUT2D eigenvalue weighted by molar-refractivity contribution is -0.143. The molecular formula is C24H20Br2N2O2. The molecule has 1 aliphatic rings. The van der Waals surface area contributed by atoms with E-state index in [1.807, 2.05) is 66.4 Å². The van der Waals surface area contributed by atoms with E-state index in [0.717, 1.165) is 37.2 Å². The standard InChI is InChI=1S/C24H20Br2N2O2/c1-2-30-22(29)15-28-23(16-7-4-3-5-8-16)20-14-19(26)11-12-21(20)27-24(28)17-9-6-10-18(25)13-17/h3-14,23H,2,15H2,1H3/t23-/m1/s1. The normalized spacial score (nSPS) is 15.4. The van der Waals surface area contributed by atoms with Crippen molar-refractivity contribution >= 4 is 49.4 Å². The van der Waals surface area contributed by atoms with Crippen LogP contribution in [-0.4, -0.2) is 29.9 Å². The van der Waals surface area contributed by atoms with E-state index in [0.29, 0.717) is 6.61 Å². The fourth-order valence-electron chi connectivity index (χ4n) is 3.68. The molecule has 0 saturated carbocycles. The third kappa shape index (κ3) is 4.35. The number of ether oxygens (including phenoxy) is 1. The van der Waals surface area contributed by atoms with Gasteiger partial charge in [0.15, 0.2) is 0 Å². The predicted molar refractivity (Wildman–Crippen MR) is 126 cm³/mol. The van der Waals surface area contributed by atoms with Crippen molar-refractivity contribution in [3.8, 4) is 0 Å². The van der Waals surface area contributed by atoms with Crippen LogP contribution in [0.3, 0.4) is 0 Å². The van der Waals surface area contributed by atoms with Gasteiger partial charge in [-0.05, 0) is 42.8 Å². The van der Waals surface area contributed by atoms with E-state index in [-0.39, 0.29) is 18.6 Å². The number of halogens is 2. The third-order valence-electron chi connectivity index (χ3n) is 4.90. The molecule has 0 radical (unpaired) electrons. The van der Waals surface area contributed by atoms with E-state index in [2.05, 4.69) is 50.1 Å². The zero-order valence-corrected chi connectivity index (χ0v) is 19.6. The van der Waals surface area contributed by atoms with E-state index < -0.39 is 0 Å².